The first-order valence-corrected chi connectivity index (χ1v) is 7.28. The van der Waals surface area contributed by atoms with Gasteiger partial charge in [-0.05, 0) is 19.2 Å². The fraction of sp³-hybridized carbons (Fsp3) is 0.467. The normalized spacial score (nSPS) is 17.0. The van der Waals surface area contributed by atoms with E-state index in [1.807, 2.05) is 6.07 Å². The van der Waals surface area contributed by atoms with Gasteiger partial charge in [0, 0.05) is 26.2 Å². The van der Waals surface area contributed by atoms with E-state index in [1.165, 1.54) is 0 Å². The predicted octanol–water partition coefficient (Wildman–Crippen LogP) is 0.788. The summed E-state index contributed by atoms with van der Waals surface area (Å²) in [4.78, 5) is 20.3. The van der Waals surface area contributed by atoms with Crippen LogP contribution in [0.5, 0.6) is 5.88 Å². The van der Waals surface area contributed by atoms with Crippen molar-refractivity contribution in [2.45, 2.75) is 6.54 Å². The Kier molecular flexibility index (Phi) is 4.00. The molecule has 0 saturated carbocycles. The van der Waals surface area contributed by atoms with Crippen LogP contribution in [0.2, 0.25) is 0 Å². The Labute approximate surface area is 128 Å². The maximum absolute atomic E-state index is 11.4. The number of aromatic nitrogens is 2. The van der Waals surface area contributed by atoms with Gasteiger partial charge in [0.1, 0.15) is 5.82 Å². The number of fused-ring (bicyclic) bond motifs is 1. The Hall–Kier alpha value is -2.12. The van der Waals surface area contributed by atoms with Crippen molar-refractivity contribution in [3.05, 3.63) is 29.7 Å². The van der Waals surface area contributed by atoms with E-state index >= 15 is 0 Å². The molecule has 0 unspecified atom stereocenters. The van der Waals surface area contributed by atoms with Crippen LogP contribution in [-0.2, 0) is 6.54 Å². The fourth-order valence-electron chi connectivity index (χ4n) is 2.81. The zero-order chi connectivity index (χ0) is 15.7. The van der Waals surface area contributed by atoms with Crippen LogP contribution in [0.4, 0.5) is 0 Å². The minimum Gasteiger partial charge on any atom is -0.482 e. The van der Waals surface area contributed by atoms with Crippen molar-refractivity contribution in [3.8, 4) is 5.88 Å². The number of nitrogens with zero attached hydrogens (tertiary/aromatic N) is 4. The van der Waals surface area contributed by atoms with Crippen molar-refractivity contribution >= 4 is 11.5 Å². The maximum Gasteiger partial charge on any atom is 0.356 e. The molecule has 2 aromatic heterocycles. The second-order valence-corrected chi connectivity index (χ2v) is 5.55. The molecule has 7 nitrogen and oxygen atoms in total. The minimum absolute atomic E-state index is 0.0722. The summed E-state index contributed by atoms with van der Waals surface area (Å²) in [7, 11) is 3.68. The summed E-state index contributed by atoms with van der Waals surface area (Å²) in [5.74, 6) is 0.284. The Bertz CT molecular complexity index is 689. The van der Waals surface area contributed by atoms with E-state index in [0.29, 0.717) is 23.8 Å². The van der Waals surface area contributed by atoms with Crippen LogP contribution in [0.3, 0.4) is 0 Å². The zero-order valence-corrected chi connectivity index (χ0v) is 12.8. The Balaban J connectivity index is 1.99. The van der Waals surface area contributed by atoms with Crippen LogP contribution >= 0.6 is 0 Å². The van der Waals surface area contributed by atoms with Gasteiger partial charge < -0.3 is 14.7 Å². The highest BCUT2D eigenvalue weighted by Gasteiger charge is 2.22. The number of hydrogen-bond acceptors (Lipinski definition) is 5. The number of pyridine rings is 1. The van der Waals surface area contributed by atoms with Gasteiger partial charge in [-0.3, -0.25) is 9.30 Å². The summed E-state index contributed by atoms with van der Waals surface area (Å²) in [6, 6.07) is 5.35. The smallest absolute Gasteiger partial charge is 0.356 e. The Morgan fingerprint density at radius 2 is 2.05 bits per heavy atom. The van der Waals surface area contributed by atoms with E-state index < -0.39 is 5.97 Å². The van der Waals surface area contributed by atoms with Crippen molar-refractivity contribution in [2.24, 2.45) is 0 Å². The highest BCUT2D eigenvalue weighted by Crippen LogP contribution is 2.22. The fourth-order valence-corrected chi connectivity index (χ4v) is 2.81. The van der Waals surface area contributed by atoms with E-state index in [0.717, 1.165) is 26.2 Å². The molecule has 0 aromatic carbocycles. The van der Waals surface area contributed by atoms with E-state index in [4.69, 9.17) is 4.74 Å². The number of rotatable bonds is 4. The summed E-state index contributed by atoms with van der Waals surface area (Å²) >= 11 is 0. The summed E-state index contributed by atoms with van der Waals surface area (Å²) in [5, 5.41) is 9.36. The van der Waals surface area contributed by atoms with E-state index in [2.05, 4.69) is 21.8 Å². The molecular weight excluding hydrogens is 284 g/mol. The molecular formula is C15H20N4O3. The summed E-state index contributed by atoms with van der Waals surface area (Å²) < 4.78 is 7.16. The second-order valence-electron chi connectivity index (χ2n) is 5.55. The Morgan fingerprint density at radius 3 is 2.68 bits per heavy atom. The molecule has 0 atom stereocenters. The van der Waals surface area contributed by atoms with Crippen LogP contribution in [-0.4, -0.2) is 70.6 Å². The monoisotopic (exact) mass is 304 g/mol. The largest absolute Gasteiger partial charge is 0.482 e. The standard InChI is InChI=1S/C15H20N4O3/c1-17-6-8-18(9-7-17)10-12-16-14(15(20)21)11-4-3-5-13(22-2)19(11)12/h3-5H,6-10H2,1-2H3,(H,20,21). The number of carbonyl (C=O) groups is 1. The molecule has 0 amide bonds. The number of aromatic carboxylic acids is 1. The number of methoxy groups -OCH3 is 1. The maximum atomic E-state index is 11.4. The molecule has 1 N–H and O–H groups in total. The van der Waals surface area contributed by atoms with Crippen LogP contribution in [0, 0.1) is 0 Å². The highest BCUT2D eigenvalue weighted by atomic mass is 16.5. The molecule has 118 valence electrons. The predicted molar refractivity (Wildman–Crippen MR) is 81.5 cm³/mol. The van der Waals surface area contributed by atoms with Gasteiger partial charge in [-0.1, -0.05) is 6.07 Å². The van der Waals surface area contributed by atoms with Crippen molar-refractivity contribution in [2.75, 3.05) is 40.3 Å². The summed E-state index contributed by atoms with van der Waals surface area (Å²) in [6.07, 6.45) is 0. The van der Waals surface area contributed by atoms with Crippen LogP contribution in [0.15, 0.2) is 18.2 Å². The number of piperazine rings is 1. The van der Waals surface area contributed by atoms with Gasteiger partial charge >= 0.3 is 5.97 Å². The molecule has 1 fully saturated rings. The number of imidazole rings is 1. The SMILES string of the molecule is COc1cccc2c(C(=O)O)nc(CN3CCN(C)CC3)n12. The first-order valence-electron chi connectivity index (χ1n) is 7.28. The lowest BCUT2D eigenvalue weighted by molar-refractivity contribution is 0.0693. The highest BCUT2D eigenvalue weighted by molar-refractivity contribution is 5.93. The van der Waals surface area contributed by atoms with Gasteiger partial charge in [0.2, 0.25) is 0 Å². The summed E-state index contributed by atoms with van der Waals surface area (Å²) in [6.45, 7) is 4.52. The number of likely N-dealkylation sites (N-methyl/N-ethyl adjacent to an activating group) is 1. The molecule has 3 heterocycles. The van der Waals surface area contributed by atoms with Gasteiger partial charge in [0.05, 0.1) is 19.2 Å². The third-order valence-corrected chi connectivity index (χ3v) is 4.07. The lowest BCUT2D eigenvalue weighted by Crippen LogP contribution is -2.44. The second kappa shape index (κ2) is 5.94. The van der Waals surface area contributed by atoms with Crippen LogP contribution in [0.1, 0.15) is 16.3 Å². The third-order valence-electron chi connectivity index (χ3n) is 4.07. The van der Waals surface area contributed by atoms with Crippen LogP contribution in [0.25, 0.3) is 5.52 Å². The van der Waals surface area contributed by atoms with Crippen molar-refractivity contribution < 1.29 is 14.6 Å². The molecule has 0 aliphatic carbocycles. The molecule has 1 aliphatic rings. The van der Waals surface area contributed by atoms with Gasteiger partial charge in [-0.15, -0.1) is 0 Å². The molecule has 7 heteroatoms. The molecule has 0 bridgehead atoms. The van der Waals surface area contributed by atoms with Gasteiger partial charge in [0.15, 0.2) is 11.6 Å². The van der Waals surface area contributed by atoms with E-state index in [1.54, 1.807) is 23.6 Å². The number of ether oxygens (including phenoxy) is 1. The number of carboxylic acid groups (broad SMARTS) is 1. The molecule has 1 saturated heterocycles. The minimum atomic E-state index is -1.02. The lowest BCUT2D eigenvalue weighted by Gasteiger charge is -2.31. The molecule has 0 radical (unpaired) electrons. The van der Waals surface area contributed by atoms with Crippen molar-refractivity contribution in [1.29, 1.82) is 0 Å². The van der Waals surface area contributed by atoms with Crippen LogP contribution < -0.4 is 4.74 Å². The Morgan fingerprint density at radius 1 is 1.32 bits per heavy atom. The summed E-state index contributed by atoms with van der Waals surface area (Å²) in [5.41, 5.74) is 0.638. The van der Waals surface area contributed by atoms with Gasteiger partial charge in [-0.2, -0.15) is 0 Å². The average molecular weight is 304 g/mol. The lowest BCUT2D eigenvalue weighted by atomic mass is 10.3. The number of hydrogen-bond donors (Lipinski definition) is 1. The van der Waals surface area contributed by atoms with Gasteiger partial charge in [0.25, 0.3) is 0 Å². The zero-order valence-electron chi connectivity index (χ0n) is 12.8. The average Bonchev–Trinajstić information content (AvgIpc) is 2.88. The van der Waals surface area contributed by atoms with E-state index in [-0.39, 0.29) is 5.69 Å². The first kappa shape index (κ1) is 14.8. The number of carboxylic acids is 1. The third kappa shape index (κ3) is 2.65. The molecule has 2 aromatic rings. The molecule has 22 heavy (non-hydrogen) atoms. The first-order chi connectivity index (χ1) is 10.6. The molecule has 1 aliphatic heterocycles. The van der Waals surface area contributed by atoms with E-state index in [9.17, 15) is 9.90 Å². The topological polar surface area (TPSA) is 70.3 Å². The molecule has 0 spiro atoms. The van der Waals surface area contributed by atoms with Gasteiger partial charge in [-0.25, -0.2) is 9.78 Å². The quantitative estimate of drug-likeness (QED) is 0.900. The molecule has 3 rings (SSSR count). The van der Waals surface area contributed by atoms with Crippen molar-refractivity contribution in [3.63, 3.8) is 0 Å². The van der Waals surface area contributed by atoms with Crippen molar-refractivity contribution in [1.82, 2.24) is 19.2 Å².